The molecule has 6 aromatic rings. The number of benzene rings is 4. The van der Waals surface area contributed by atoms with Crippen molar-refractivity contribution >= 4 is 35.0 Å². The zero-order valence-corrected chi connectivity index (χ0v) is 29.5. The van der Waals surface area contributed by atoms with Gasteiger partial charge in [0.2, 0.25) is 9.60 Å². The lowest BCUT2D eigenvalue weighted by atomic mass is 10.2. The van der Waals surface area contributed by atoms with Crippen LogP contribution in [0.4, 0.5) is 0 Å². The Kier molecular flexibility index (Phi) is 13.0. The first-order chi connectivity index (χ1) is 24.5. The molecule has 0 aliphatic carbocycles. The van der Waals surface area contributed by atoms with Crippen molar-refractivity contribution in [3.8, 4) is 39.9 Å². The summed E-state index contributed by atoms with van der Waals surface area (Å²) in [5.74, 6) is 1.63. The number of methoxy groups -OCH3 is 1. The van der Waals surface area contributed by atoms with Gasteiger partial charge in [0.15, 0.2) is 11.6 Å². The van der Waals surface area contributed by atoms with Crippen molar-refractivity contribution in [3.05, 3.63) is 125 Å². The third-order valence-corrected chi connectivity index (χ3v) is 8.69. The SMILES string of the molecule is CCOC(=O)CN=c1nc(-c2ccc(OC)cc2)n(-c2ccccc2)s1.CCOC(=O)CN=c1nc(-c2ccccc2)n(-c2ccccc2)s1. The van der Waals surface area contributed by atoms with E-state index in [0.717, 1.165) is 39.9 Å². The molecule has 2 heterocycles. The lowest BCUT2D eigenvalue weighted by Gasteiger charge is -2.06. The van der Waals surface area contributed by atoms with Gasteiger partial charge in [0, 0.05) is 11.1 Å². The molecule has 256 valence electrons. The molecule has 0 aliphatic rings. The largest absolute Gasteiger partial charge is 0.497 e. The molecule has 0 N–H and O–H groups in total. The number of esters is 2. The van der Waals surface area contributed by atoms with E-state index < -0.39 is 0 Å². The predicted octanol–water partition coefficient (Wildman–Crippen LogP) is 6.14. The number of para-hydroxylation sites is 2. The van der Waals surface area contributed by atoms with Crippen LogP contribution in [0.2, 0.25) is 0 Å². The van der Waals surface area contributed by atoms with Crippen LogP contribution >= 0.6 is 23.1 Å². The normalized spacial score (nSPS) is 11.4. The maximum absolute atomic E-state index is 11.6. The number of rotatable bonds is 11. The van der Waals surface area contributed by atoms with E-state index in [4.69, 9.17) is 14.2 Å². The van der Waals surface area contributed by atoms with Crippen molar-refractivity contribution in [2.24, 2.45) is 9.98 Å². The van der Waals surface area contributed by atoms with Crippen LogP contribution in [-0.4, -0.2) is 63.2 Å². The molecule has 0 amide bonds. The molecule has 0 unspecified atom stereocenters. The first-order valence-electron chi connectivity index (χ1n) is 15.8. The van der Waals surface area contributed by atoms with Gasteiger partial charge in [0.1, 0.15) is 18.8 Å². The standard InChI is InChI=1S/C19H19N3O3S.C18H17N3O2S/c1-3-25-17(23)13-20-19-21-18(14-9-11-16(24-2)12-10-14)22(26-19)15-7-5-4-6-8-15;1-2-23-16(22)13-19-18-20-17(14-9-5-3-6-10-14)21(24-18)15-11-7-4-8-12-15/h4-12H,3,13H2,1-2H3;3-12H,2,13H2,1H3. The summed E-state index contributed by atoms with van der Waals surface area (Å²) in [6.07, 6.45) is 0. The van der Waals surface area contributed by atoms with E-state index in [1.54, 1.807) is 21.0 Å². The minimum absolute atomic E-state index is 0.0234. The van der Waals surface area contributed by atoms with Crippen LogP contribution in [0.5, 0.6) is 5.75 Å². The predicted molar refractivity (Wildman–Crippen MR) is 194 cm³/mol. The van der Waals surface area contributed by atoms with Crippen LogP contribution in [0.1, 0.15) is 13.8 Å². The highest BCUT2D eigenvalue weighted by Gasteiger charge is 2.13. The molecule has 0 spiro atoms. The van der Waals surface area contributed by atoms with E-state index in [9.17, 15) is 9.59 Å². The first kappa shape index (κ1) is 35.6. The summed E-state index contributed by atoms with van der Waals surface area (Å²) in [7, 11) is 1.63. The fourth-order valence-electron chi connectivity index (χ4n) is 4.54. The summed E-state index contributed by atoms with van der Waals surface area (Å²) in [6, 6.07) is 37.4. The Morgan fingerprint density at radius 2 is 1.00 bits per heavy atom. The van der Waals surface area contributed by atoms with Crippen molar-refractivity contribution in [1.29, 1.82) is 0 Å². The van der Waals surface area contributed by atoms with Crippen molar-refractivity contribution in [2.45, 2.75) is 13.8 Å². The molecular formula is C37H36N6O5S2. The lowest BCUT2D eigenvalue weighted by molar-refractivity contribution is -0.142. The molecule has 13 heteroatoms. The van der Waals surface area contributed by atoms with E-state index in [1.165, 1.54) is 23.1 Å². The Labute approximate surface area is 297 Å². The van der Waals surface area contributed by atoms with Gasteiger partial charge in [-0.1, -0.05) is 66.7 Å². The van der Waals surface area contributed by atoms with Crippen molar-refractivity contribution in [3.63, 3.8) is 0 Å². The Balaban J connectivity index is 0.000000195. The summed E-state index contributed by atoms with van der Waals surface area (Å²) in [5.41, 5.74) is 3.92. The van der Waals surface area contributed by atoms with E-state index >= 15 is 0 Å². The molecule has 0 bridgehead atoms. The van der Waals surface area contributed by atoms with Crippen LogP contribution in [0.25, 0.3) is 34.2 Å². The molecule has 6 rings (SSSR count). The molecule has 0 radical (unpaired) electrons. The van der Waals surface area contributed by atoms with Gasteiger partial charge in [-0.15, -0.1) is 0 Å². The van der Waals surface area contributed by atoms with E-state index in [2.05, 4.69) is 20.0 Å². The Hall–Kier alpha value is -5.66. The molecule has 11 nitrogen and oxygen atoms in total. The molecule has 50 heavy (non-hydrogen) atoms. The molecule has 0 saturated heterocycles. The zero-order valence-electron chi connectivity index (χ0n) is 27.8. The maximum Gasteiger partial charge on any atom is 0.327 e. The van der Waals surface area contributed by atoms with E-state index in [0.29, 0.717) is 22.8 Å². The highest BCUT2D eigenvalue weighted by atomic mass is 32.1. The maximum atomic E-state index is 11.6. The Morgan fingerprint density at radius 3 is 1.40 bits per heavy atom. The van der Waals surface area contributed by atoms with Gasteiger partial charge in [-0.3, -0.25) is 9.59 Å². The summed E-state index contributed by atoms with van der Waals surface area (Å²) < 4.78 is 19.0. The monoisotopic (exact) mass is 708 g/mol. The molecule has 0 saturated carbocycles. The number of hydrogen-bond acceptors (Lipinski definition) is 11. The second-order valence-corrected chi connectivity index (χ2v) is 12.0. The molecule has 0 aliphatic heterocycles. The average molecular weight is 709 g/mol. The fourth-order valence-corrected chi connectivity index (χ4v) is 6.28. The quantitative estimate of drug-likeness (QED) is 0.148. The highest BCUT2D eigenvalue weighted by molar-refractivity contribution is 7.04. The molecule has 4 aromatic carbocycles. The number of ether oxygens (including phenoxy) is 3. The topological polar surface area (TPSA) is 122 Å². The number of carbonyl (C=O) groups is 2. The van der Waals surface area contributed by atoms with Crippen molar-refractivity contribution in [1.82, 2.24) is 17.9 Å². The van der Waals surface area contributed by atoms with Gasteiger partial charge in [0.25, 0.3) is 0 Å². The van der Waals surface area contributed by atoms with Gasteiger partial charge < -0.3 is 14.2 Å². The molecule has 0 atom stereocenters. The van der Waals surface area contributed by atoms with Gasteiger partial charge in [-0.05, 0) is 85.4 Å². The number of carbonyl (C=O) groups excluding carboxylic acids is 2. The summed E-state index contributed by atoms with van der Waals surface area (Å²) >= 11 is 2.78. The smallest absolute Gasteiger partial charge is 0.327 e. The first-order valence-corrected chi connectivity index (χ1v) is 17.4. The Bertz CT molecular complexity index is 2050. The second-order valence-electron chi connectivity index (χ2n) is 10.2. The van der Waals surface area contributed by atoms with Crippen molar-refractivity contribution in [2.75, 3.05) is 33.4 Å². The lowest BCUT2D eigenvalue weighted by Crippen LogP contribution is -2.11. The third kappa shape index (κ3) is 9.71. The van der Waals surface area contributed by atoms with Crippen LogP contribution in [0.15, 0.2) is 125 Å². The summed E-state index contributed by atoms with van der Waals surface area (Å²) in [4.78, 5) is 41.9. The van der Waals surface area contributed by atoms with Gasteiger partial charge >= 0.3 is 11.9 Å². The molecule has 0 fully saturated rings. The molecular weight excluding hydrogens is 673 g/mol. The average Bonchev–Trinajstić information content (AvgIpc) is 3.80. The second kappa shape index (κ2) is 18.2. The minimum Gasteiger partial charge on any atom is -0.497 e. The van der Waals surface area contributed by atoms with Crippen molar-refractivity contribution < 1.29 is 23.8 Å². The van der Waals surface area contributed by atoms with Crippen LogP contribution in [0, 0.1) is 0 Å². The number of hydrogen-bond donors (Lipinski definition) is 0. The number of aromatic nitrogens is 4. The van der Waals surface area contributed by atoms with Gasteiger partial charge in [-0.2, -0.15) is 9.97 Å². The van der Waals surface area contributed by atoms with Crippen LogP contribution < -0.4 is 14.3 Å². The third-order valence-electron chi connectivity index (χ3n) is 6.79. The van der Waals surface area contributed by atoms with Crippen LogP contribution in [0.3, 0.4) is 0 Å². The van der Waals surface area contributed by atoms with E-state index in [1.807, 2.05) is 123 Å². The Morgan fingerprint density at radius 1 is 0.600 bits per heavy atom. The summed E-state index contributed by atoms with van der Waals surface area (Å²) in [5, 5.41) is 0. The van der Waals surface area contributed by atoms with Gasteiger partial charge in [0.05, 0.1) is 31.7 Å². The fraction of sp³-hybridized carbons (Fsp3) is 0.189. The molecule has 2 aromatic heterocycles. The van der Waals surface area contributed by atoms with Crippen LogP contribution in [-0.2, 0) is 19.1 Å². The van der Waals surface area contributed by atoms with E-state index in [-0.39, 0.29) is 25.0 Å². The zero-order chi connectivity index (χ0) is 35.1. The minimum atomic E-state index is -0.361. The number of nitrogens with zero attached hydrogens (tertiary/aromatic N) is 6. The van der Waals surface area contributed by atoms with Gasteiger partial charge in [-0.25, -0.2) is 17.9 Å². The highest BCUT2D eigenvalue weighted by Crippen LogP contribution is 2.25. The summed E-state index contributed by atoms with van der Waals surface area (Å²) in [6.45, 7) is 4.17.